The number of nitrogens with one attached hydrogen (secondary N) is 1. The molecular weight excluding hydrogens is 497 g/mol. The average molecular weight is 527 g/mol. The van der Waals surface area contributed by atoms with E-state index in [2.05, 4.69) is 15.1 Å². The first kappa shape index (κ1) is 24.7. The lowest BCUT2D eigenvalue weighted by Gasteiger charge is -2.36. The number of halogens is 2. The maximum atomic E-state index is 12.8. The van der Waals surface area contributed by atoms with Crippen molar-refractivity contribution in [2.75, 3.05) is 38.1 Å². The van der Waals surface area contributed by atoms with Crippen molar-refractivity contribution < 1.29 is 9.53 Å². The van der Waals surface area contributed by atoms with Gasteiger partial charge in [-0.2, -0.15) is 0 Å². The number of anilines is 1. The van der Waals surface area contributed by atoms with Crippen molar-refractivity contribution in [3.63, 3.8) is 0 Å². The summed E-state index contributed by atoms with van der Waals surface area (Å²) in [5.74, 6) is -0.242. The Morgan fingerprint density at radius 2 is 1.88 bits per heavy atom. The molecule has 33 heavy (non-hydrogen) atoms. The van der Waals surface area contributed by atoms with E-state index in [-0.39, 0.29) is 5.97 Å². The van der Waals surface area contributed by atoms with E-state index in [9.17, 15) is 4.79 Å². The zero-order valence-corrected chi connectivity index (χ0v) is 21.9. The summed E-state index contributed by atoms with van der Waals surface area (Å²) in [4.78, 5) is 18.7. The summed E-state index contributed by atoms with van der Waals surface area (Å²) in [6.07, 6.45) is 5.44. The first-order valence-corrected chi connectivity index (χ1v) is 13.5. The second-order valence-electron chi connectivity index (χ2n) is 8.43. The van der Waals surface area contributed by atoms with Gasteiger partial charge in [-0.25, -0.2) is 4.79 Å². The highest BCUT2D eigenvalue weighted by atomic mass is 35.5. The fraction of sp³-hybridized carbons (Fsp3) is 0.500. The van der Waals surface area contributed by atoms with Gasteiger partial charge in [-0.15, -0.1) is 11.3 Å². The third-order valence-corrected chi connectivity index (χ3v) is 8.48. The van der Waals surface area contributed by atoms with Crippen LogP contribution in [0, 0.1) is 0 Å². The summed E-state index contributed by atoms with van der Waals surface area (Å²) in [5.41, 5.74) is 3.00. The Kier molecular flexibility index (Phi) is 8.52. The van der Waals surface area contributed by atoms with Crippen LogP contribution in [0.4, 0.5) is 5.00 Å². The number of fused-ring (bicyclic) bond motifs is 1. The number of thiophene rings is 1. The van der Waals surface area contributed by atoms with Crippen molar-refractivity contribution in [2.45, 2.75) is 45.6 Å². The van der Waals surface area contributed by atoms with E-state index in [1.165, 1.54) is 17.7 Å². The lowest BCUT2D eigenvalue weighted by Crippen LogP contribution is -2.49. The number of hydrogen-bond donors (Lipinski definition) is 1. The number of hydrogen-bond acceptors (Lipinski definition) is 5. The Labute approximate surface area is 215 Å². The molecule has 1 aromatic heterocycles. The second-order valence-corrected chi connectivity index (χ2v) is 10.7. The Morgan fingerprint density at radius 3 is 2.61 bits per heavy atom. The van der Waals surface area contributed by atoms with Gasteiger partial charge in [0.2, 0.25) is 0 Å². The van der Waals surface area contributed by atoms with Gasteiger partial charge in [-0.3, -0.25) is 4.90 Å². The number of benzene rings is 1. The standard InChI is InChI=1S/C24H29Cl2N3O2S2/c1-2-31-23(30)21-17-6-4-3-5-7-20(17)33-22(21)27-24(32)29-12-10-28(11-13-29)15-16-8-9-18(25)19(26)14-16/h8-9,14H,2-7,10-13,15H2,1H3,(H,27,32). The van der Waals surface area contributed by atoms with Gasteiger partial charge in [0, 0.05) is 37.6 Å². The maximum Gasteiger partial charge on any atom is 0.341 e. The SMILES string of the molecule is CCOC(=O)c1c(NC(=S)N2CCN(Cc3ccc(Cl)c(Cl)c3)CC2)sc2c1CCCCC2. The van der Waals surface area contributed by atoms with Crippen molar-refractivity contribution in [1.29, 1.82) is 0 Å². The normalized spacial score (nSPS) is 16.8. The number of ether oxygens (including phenoxy) is 1. The number of thiocarbonyl (C=S) groups is 1. The van der Waals surface area contributed by atoms with Crippen LogP contribution in [-0.4, -0.2) is 53.7 Å². The van der Waals surface area contributed by atoms with Crippen LogP contribution in [-0.2, 0) is 24.1 Å². The molecule has 1 aliphatic carbocycles. The Hall–Kier alpha value is -1.38. The molecule has 1 aliphatic heterocycles. The van der Waals surface area contributed by atoms with Crippen molar-refractivity contribution >= 4 is 62.8 Å². The quantitative estimate of drug-likeness (QED) is 0.292. The molecule has 1 N–H and O–H groups in total. The van der Waals surface area contributed by atoms with Crippen LogP contribution in [0.5, 0.6) is 0 Å². The van der Waals surface area contributed by atoms with E-state index in [0.29, 0.717) is 27.3 Å². The zero-order valence-electron chi connectivity index (χ0n) is 18.8. The van der Waals surface area contributed by atoms with Gasteiger partial charge >= 0.3 is 5.97 Å². The third-order valence-electron chi connectivity index (χ3n) is 6.17. The van der Waals surface area contributed by atoms with Crippen LogP contribution in [0.1, 0.15) is 52.5 Å². The fourth-order valence-electron chi connectivity index (χ4n) is 4.43. The highest BCUT2D eigenvalue weighted by Crippen LogP contribution is 2.38. The molecule has 2 aromatic rings. The highest BCUT2D eigenvalue weighted by Gasteiger charge is 2.27. The molecule has 0 amide bonds. The minimum absolute atomic E-state index is 0.242. The minimum atomic E-state index is -0.242. The molecule has 1 saturated heterocycles. The molecule has 0 radical (unpaired) electrons. The smallest absolute Gasteiger partial charge is 0.341 e. The third kappa shape index (κ3) is 6.01. The van der Waals surface area contributed by atoms with Crippen LogP contribution in [0.25, 0.3) is 0 Å². The molecule has 2 heterocycles. The van der Waals surface area contributed by atoms with E-state index < -0.39 is 0 Å². The molecule has 0 unspecified atom stereocenters. The Balaban J connectivity index is 1.39. The van der Waals surface area contributed by atoms with Crippen LogP contribution in [0.2, 0.25) is 10.0 Å². The largest absolute Gasteiger partial charge is 0.462 e. The molecule has 0 spiro atoms. The molecule has 178 valence electrons. The molecule has 2 aliphatic rings. The van der Waals surface area contributed by atoms with Crippen molar-refractivity contribution in [2.24, 2.45) is 0 Å². The molecule has 0 atom stereocenters. The van der Waals surface area contributed by atoms with Gasteiger partial charge in [0.1, 0.15) is 5.00 Å². The molecule has 1 aromatic carbocycles. The second kappa shape index (κ2) is 11.4. The zero-order chi connectivity index (χ0) is 23.4. The summed E-state index contributed by atoms with van der Waals surface area (Å²) >= 11 is 19.6. The number of carbonyl (C=O) groups excluding carboxylic acids is 1. The topological polar surface area (TPSA) is 44.8 Å². The van der Waals surface area contributed by atoms with Crippen LogP contribution in [0.15, 0.2) is 18.2 Å². The molecule has 0 saturated carbocycles. The van der Waals surface area contributed by atoms with Crippen molar-refractivity contribution in [3.05, 3.63) is 49.8 Å². The van der Waals surface area contributed by atoms with Gasteiger partial charge in [0.25, 0.3) is 0 Å². The summed E-state index contributed by atoms with van der Waals surface area (Å²) in [6, 6.07) is 5.79. The first-order valence-electron chi connectivity index (χ1n) is 11.5. The summed E-state index contributed by atoms with van der Waals surface area (Å²) in [7, 11) is 0. The van der Waals surface area contributed by atoms with Crippen LogP contribution < -0.4 is 5.32 Å². The average Bonchev–Trinajstić information content (AvgIpc) is 2.97. The maximum absolute atomic E-state index is 12.8. The lowest BCUT2D eigenvalue weighted by molar-refractivity contribution is 0.0527. The molecule has 9 heteroatoms. The fourth-order valence-corrected chi connectivity index (χ4v) is 6.38. The van der Waals surface area contributed by atoms with E-state index >= 15 is 0 Å². The van der Waals surface area contributed by atoms with Gasteiger partial charge in [0.15, 0.2) is 5.11 Å². The van der Waals surface area contributed by atoms with Gasteiger partial charge < -0.3 is 15.0 Å². The number of piperazine rings is 1. The van der Waals surface area contributed by atoms with E-state index in [0.717, 1.165) is 68.1 Å². The predicted octanol–water partition coefficient (Wildman–Crippen LogP) is 6.02. The molecule has 5 nitrogen and oxygen atoms in total. The Morgan fingerprint density at radius 1 is 1.12 bits per heavy atom. The summed E-state index contributed by atoms with van der Waals surface area (Å²) in [5, 5.41) is 6.08. The molecule has 1 fully saturated rings. The van der Waals surface area contributed by atoms with Crippen LogP contribution in [0.3, 0.4) is 0 Å². The van der Waals surface area contributed by atoms with Gasteiger partial charge in [-0.05, 0) is 68.1 Å². The number of aryl methyl sites for hydroxylation is 1. The minimum Gasteiger partial charge on any atom is -0.462 e. The number of rotatable bonds is 5. The number of carbonyl (C=O) groups is 1. The summed E-state index contributed by atoms with van der Waals surface area (Å²) < 4.78 is 5.39. The number of nitrogens with zero attached hydrogens (tertiary/aromatic N) is 2. The van der Waals surface area contributed by atoms with Gasteiger partial charge in [0.05, 0.1) is 22.2 Å². The molecule has 0 bridgehead atoms. The van der Waals surface area contributed by atoms with Crippen molar-refractivity contribution in [1.82, 2.24) is 9.80 Å². The molecular formula is C24H29Cl2N3O2S2. The monoisotopic (exact) mass is 525 g/mol. The Bertz CT molecular complexity index is 1020. The van der Waals surface area contributed by atoms with Gasteiger partial charge in [-0.1, -0.05) is 35.7 Å². The van der Waals surface area contributed by atoms with Crippen LogP contribution >= 0.6 is 46.8 Å². The molecule has 4 rings (SSSR count). The predicted molar refractivity (Wildman–Crippen MR) is 141 cm³/mol. The van der Waals surface area contributed by atoms with E-state index in [4.69, 9.17) is 40.2 Å². The lowest BCUT2D eigenvalue weighted by atomic mass is 10.1. The van der Waals surface area contributed by atoms with E-state index in [1.54, 1.807) is 11.3 Å². The van der Waals surface area contributed by atoms with Crippen molar-refractivity contribution in [3.8, 4) is 0 Å². The summed E-state index contributed by atoms with van der Waals surface area (Å²) in [6.45, 7) is 6.49. The first-order chi connectivity index (χ1) is 16.0. The van der Waals surface area contributed by atoms with E-state index in [1.807, 2.05) is 25.1 Å². The number of esters is 1. The highest BCUT2D eigenvalue weighted by molar-refractivity contribution is 7.80.